The van der Waals surface area contributed by atoms with Crippen LogP contribution in [0.2, 0.25) is 5.02 Å². The van der Waals surface area contributed by atoms with Crippen molar-refractivity contribution in [3.63, 3.8) is 0 Å². The van der Waals surface area contributed by atoms with E-state index in [1.807, 2.05) is 6.92 Å². The van der Waals surface area contributed by atoms with E-state index < -0.39 is 20.9 Å². The maximum atomic E-state index is 13.1. The van der Waals surface area contributed by atoms with Crippen molar-refractivity contribution in [3.05, 3.63) is 34.3 Å². The topological polar surface area (TPSA) is 76.2 Å². The highest BCUT2D eigenvalue weighted by Gasteiger charge is 2.65. The van der Waals surface area contributed by atoms with Crippen LogP contribution in [-0.4, -0.2) is 80.4 Å². The van der Waals surface area contributed by atoms with Gasteiger partial charge in [-0.1, -0.05) is 17.7 Å². The fourth-order valence-corrected chi connectivity index (χ4v) is 6.98. The smallest absolute Gasteiger partial charge is 0.254 e. The molecule has 1 aromatic carbocycles. The highest BCUT2D eigenvalue weighted by Crippen LogP contribution is 2.46. The van der Waals surface area contributed by atoms with Crippen LogP contribution in [0.15, 0.2) is 18.2 Å². The molecular weight excluding hydrogens is 392 g/mol. The summed E-state index contributed by atoms with van der Waals surface area (Å²) in [6.07, 6.45) is 0.163. The van der Waals surface area contributed by atoms with E-state index in [1.165, 1.54) is 4.31 Å². The summed E-state index contributed by atoms with van der Waals surface area (Å²) in [7, 11) is -1.92. The average Bonchev–Trinajstić information content (AvgIpc) is 3.00. The lowest BCUT2D eigenvalue weighted by Crippen LogP contribution is -2.56. The van der Waals surface area contributed by atoms with Crippen molar-refractivity contribution in [3.8, 4) is 0 Å². The number of morpholine rings is 1. The molecule has 1 aromatic rings. The Morgan fingerprint density at radius 3 is 2.93 bits per heavy atom. The van der Waals surface area contributed by atoms with E-state index in [2.05, 4.69) is 0 Å². The van der Waals surface area contributed by atoms with Gasteiger partial charge in [-0.15, -0.1) is 0 Å². The number of rotatable bonds is 4. The number of sulfonamides is 1. The standard InChI is InChI=1S/C18H23ClN2O5S/c1-12-14(4-3-5-15(12)19)17(22)20-9-13-8-16-18(10-20,26-13)11-21(6-7-25-2)27(16,23)24/h3-5,13,16H,6-11H2,1-2H3/t13-,16+,18+/m1/s1. The normalized spacial score (nSPS) is 31.9. The van der Waals surface area contributed by atoms with Gasteiger partial charge in [0, 0.05) is 37.3 Å². The number of carbonyl (C=O) groups excluding carboxylic acids is 1. The fraction of sp³-hybridized carbons (Fsp3) is 0.611. The van der Waals surface area contributed by atoms with E-state index >= 15 is 0 Å². The van der Waals surface area contributed by atoms with Gasteiger partial charge in [-0.25, -0.2) is 8.42 Å². The molecule has 3 atom stereocenters. The summed E-state index contributed by atoms with van der Waals surface area (Å²) >= 11 is 6.17. The number of amides is 1. The molecule has 7 nitrogen and oxygen atoms in total. The third kappa shape index (κ3) is 2.98. The second-order valence-corrected chi connectivity index (χ2v) is 10.0. The Bertz CT molecular complexity index is 877. The SMILES string of the molecule is COCCN1C[C@@]23CN(C(=O)c4cccc(Cl)c4C)C[C@@H](C[C@@H]2S1(=O)=O)O3. The second-order valence-electron chi connectivity index (χ2n) is 7.50. The number of nitrogens with zero attached hydrogens (tertiary/aromatic N) is 2. The molecule has 2 bridgehead atoms. The Hall–Kier alpha value is -1.19. The lowest BCUT2D eigenvalue weighted by Gasteiger charge is -2.39. The predicted octanol–water partition coefficient (Wildman–Crippen LogP) is 1.29. The molecule has 0 N–H and O–H groups in total. The minimum Gasteiger partial charge on any atom is -0.383 e. The maximum absolute atomic E-state index is 13.1. The van der Waals surface area contributed by atoms with Crippen LogP contribution in [0.25, 0.3) is 0 Å². The van der Waals surface area contributed by atoms with Gasteiger partial charge in [0.2, 0.25) is 10.0 Å². The van der Waals surface area contributed by atoms with Gasteiger partial charge in [0.15, 0.2) is 0 Å². The minimum absolute atomic E-state index is 0.129. The molecule has 4 rings (SSSR count). The monoisotopic (exact) mass is 414 g/mol. The van der Waals surface area contributed by atoms with Gasteiger partial charge in [0.05, 0.1) is 19.3 Å². The van der Waals surface area contributed by atoms with Crippen LogP contribution in [0, 0.1) is 6.92 Å². The Morgan fingerprint density at radius 1 is 1.41 bits per heavy atom. The zero-order valence-corrected chi connectivity index (χ0v) is 16.9. The lowest BCUT2D eigenvalue weighted by atomic mass is 9.98. The first-order valence-corrected chi connectivity index (χ1v) is 10.9. The zero-order valence-electron chi connectivity index (χ0n) is 15.4. The number of hydrogen-bond donors (Lipinski definition) is 0. The Labute approximate surface area is 164 Å². The molecule has 3 aliphatic heterocycles. The summed E-state index contributed by atoms with van der Waals surface area (Å²) in [6.45, 7) is 3.37. The highest BCUT2D eigenvalue weighted by atomic mass is 35.5. The molecule has 3 fully saturated rings. The zero-order chi connectivity index (χ0) is 19.4. The first kappa shape index (κ1) is 19.1. The van der Waals surface area contributed by atoms with Crippen molar-refractivity contribution in [2.75, 3.05) is 39.9 Å². The van der Waals surface area contributed by atoms with Crippen LogP contribution >= 0.6 is 11.6 Å². The summed E-state index contributed by atoms with van der Waals surface area (Å²) < 4.78 is 38.5. The van der Waals surface area contributed by atoms with Gasteiger partial charge in [0.1, 0.15) is 10.9 Å². The molecule has 0 unspecified atom stereocenters. The van der Waals surface area contributed by atoms with E-state index in [-0.39, 0.29) is 25.1 Å². The molecule has 3 aliphatic rings. The van der Waals surface area contributed by atoms with Crippen molar-refractivity contribution in [2.45, 2.75) is 30.3 Å². The lowest BCUT2D eigenvalue weighted by molar-refractivity contribution is -0.0981. The molecule has 3 heterocycles. The van der Waals surface area contributed by atoms with E-state index in [9.17, 15) is 13.2 Å². The van der Waals surface area contributed by atoms with Gasteiger partial charge < -0.3 is 14.4 Å². The van der Waals surface area contributed by atoms with Crippen molar-refractivity contribution in [2.24, 2.45) is 0 Å². The molecule has 148 valence electrons. The quantitative estimate of drug-likeness (QED) is 0.742. The molecule has 0 aromatic heterocycles. The number of halogens is 1. The summed E-state index contributed by atoms with van der Waals surface area (Å²) in [6, 6.07) is 5.26. The van der Waals surface area contributed by atoms with Crippen LogP contribution in [0.3, 0.4) is 0 Å². The van der Waals surface area contributed by atoms with E-state index in [0.717, 1.165) is 5.56 Å². The molecule has 1 spiro atoms. The number of methoxy groups -OCH3 is 1. The fourth-order valence-electron chi connectivity index (χ4n) is 4.51. The maximum Gasteiger partial charge on any atom is 0.254 e. The van der Waals surface area contributed by atoms with E-state index in [1.54, 1.807) is 30.2 Å². The van der Waals surface area contributed by atoms with Gasteiger partial charge in [0.25, 0.3) is 5.91 Å². The van der Waals surface area contributed by atoms with Gasteiger partial charge in [-0.2, -0.15) is 4.31 Å². The number of benzene rings is 1. The largest absolute Gasteiger partial charge is 0.383 e. The number of carbonyl (C=O) groups is 1. The van der Waals surface area contributed by atoms with Gasteiger partial charge >= 0.3 is 0 Å². The number of fused-ring (bicyclic) bond motifs is 1. The van der Waals surface area contributed by atoms with Gasteiger partial charge in [-0.3, -0.25) is 4.79 Å². The van der Waals surface area contributed by atoms with Gasteiger partial charge in [-0.05, 0) is 31.0 Å². The summed E-state index contributed by atoms with van der Waals surface area (Å²) in [5.74, 6) is -0.129. The van der Waals surface area contributed by atoms with Crippen LogP contribution in [0.1, 0.15) is 22.3 Å². The molecule has 0 saturated carbocycles. The summed E-state index contributed by atoms with van der Waals surface area (Å²) in [5.41, 5.74) is 0.420. The van der Waals surface area contributed by atoms with Crippen LogP contribution in [0.4, 0.5) is 0 Å². The molecule has 1 amide bonds. The number of hydrogen-bond acceptors (Lipinski definition) is 5. The van der Waals surface area contributed by atoms with E-state index in [0.29, 0.717) is 36.7 Å². The highest BCUT2D eigenvalue weighted by molar-refractivity contribution is 7.90. The number of likely N-dealkylation sites (tertiary alicyclic amines) is 1. The molecule has 0 aliphatic carbocycles. The second kappa shape index (κ2) is 6.70. The van der Waals surface area contributed by atoms with Crippen LogP contribution in [-0.2, 0) is 19.5 Å². The van der Waals surface area contributed by atoms with Crippen molar-refractivity contribution >= 4 is 27.5 Å². The summed E-state index contributed by atoms with van der Waals surface area (Å²) in [5, 5.41) is -0.0626. The molecular formula is C18H23ClN2O5S. The Kier molecular flexibility index (Phi) is 4.75. The third-order valence-electron chi connectivity index (χ3n) is 5.84. The Morgan fingerprint density at radius 2 is 2.19 bits per heavy atom. The summed E-state index contributed by atoms with van der Waals surface area (Å²) in [4.78, 5) is 14.8. The number of ether oxygens (including phenoxy) is 2. The molecule has 9 heteroatoms. The van der Waals surface area contributed by atoms with Crippen LogP contribution in [0.5, 0.6) is 0 Å². The molecule has 0 radical (unpaired) electrons. The van der Waals surface area contributed by atoms with Crippen molar-refractivity contribution < 1.29 is 22.7 Å². The van der Waals surface area contributed by atoms with Crippen molar-refractivity contribution in [1.29, 1.82) is 0 Å². The Balaban J connectivity index is 1.61. The van der Waals surface area contributed by atoms with Crippen molar-refractivity contribution in [1.82, 2.24) is 9.21 Å². The van der Waals surface area contributed by atoms with E-state index in [4.69, 9.17) is 21.1 Å². The van der Waals surface area contributed by atoms with Crippen LogP contribution < -0.4 is 0 Å². The first-order chi connectivity index (χ1) is 12.8. The molecule has 27 heavy (non-hydrogen) atoms. The predicted molar refractivity (Wildman–Crippen MR) is 100 cm³/mol. The minimum atomic E-state index is -3.46. The molecule has 3 saturated heterocycles. The average molecular weight is 415 g/mol. The third-order valence-corrected chi connectivity index (χ3v) is 8.62. The first-order valence-electron chi connectivity index (χ1n) is 8.98.